The van der Waals surface area contributed by atoms with Crippen molar-refractivity contribution in [1.82, 2.24) is 10.3 Å². The van der Waals surface area contributed by atoms with Crippen molar-refractivity contribution in [2.24, 2.45) is 0 Å². The van der Waals surface area contributed by atoms with E-state index in [1.807, 2.05) is 72.8 Å². The Balaban J connectivity index is 1.67. The fourth-order valence-corrected chi connectivity index (χ4v) is 3.31. The fraction of sp³-hybridized carbons (Fsp3) is 0.0455. The summed E-state index contributed by atoms with van der Waals surface area (Å²) in [6.07, 6.45) is 4.82. The smallest absolute Gasteiger partial charge is 0.267 e. The monoisotopic (exact) mass is 386 g/mol. The maximum absolute atomic E-state index is 12.5. The summed E-state index contributed by atoms with van der Waals surface area (Å²) in [6.45, 7) is 0.501. The maximum Gasteiger partial charge on any atom is 0.267 e. The minimum absolute atomic E-state index is 0.00794. The van der Waals surface area contributed by atoms with Crippen LogP contribution < -0.4 is 10.6 Å². The Bertz CT molecular complexity index is 998. The van der Waals surface area contributed by atoms with Gasteiger partial charge in [0.2, 0.25) is 0 Å². The van der Waals surface area contributed by atoms with Crippen LogP contribution in [0, 0.1) is 11.3 Å². The molecule has 0 saturated heterocycles. The molecule has 138 valence electrons. The fourth-order valence-electron chi connectivity index (χ4n) is 2.38. The zero-order valence-electron chi connectivity index (χ0n) is 15.0. The minimum Gasteiger partial charge on any atom is -0.386 e. The molecule has 1 aromatic heterocycles. The zero-order chi connectivity index (χ0) is 19.6. The van der Waals surface area contributed by atoms with Crippen molar-refractivity contribution >= 4 is 23.4 Å². The molecule has 3 aromatic rings. The van der Waals surface area contributed by atoms with E-state index in [2.05, 4.69) is 15.6 Å². The van der Waals surface area contributed by atoms with Crippen LogP contribution in [0.15, 0.2) is 101 Å². The molecule has 2 aromatic carbocycles. The third-order valence-electron chi connectivity index (χ3n) is 3.77. The van der Waals surface area contributed by atoms with Crippen molar-refractivity contribution in [3.63, 3.8) is 0 Å². The van der Waals surface area contributed by atoms with Crippen LogP contribution in [0.4, 0.5) is 5.69 Å². The summed E-state index contributed by atoms with van der Waals surface area (Å²) in [7, 11) is 0. The van der Waals surface area contributed by atoms with Crippen molar-refractivity contribution in [1.29, 1.82) is 5.26 Å². The summed E-state index contributed by atoms with van der Waals surface area (Å²) in [5, 5.41) is 15.2. The standard InChI is InChI=1S/C22H18N4OS/c23-14-18(16-25-15-17-10-12-24-13-11-17)22(27)26-20-8-4-5-9-21(20)28-19-6-2-1-3-7-19/h1-13,16,25H,15H2,(H,26,27)/b18-16-. The number of rotatable bonds is 7. The molecule has 0 fully saturated rings. The van der Waals surface area contributed by atoms with Gasteiger partial charge in [0.25, 0.3) is 5.91 Å². The quantitative estimate of drug-likeness (QED) is 0.466. The van der Waals surface area contributed by atoms with Crippen molar-refractivity contribution in [2.75, 3.05) is 5.32 Å². The first kappa shape index (κ1) is 19.2. The van der Waals surface area contributed by atoms with Crippen LogP contribution in [0.1, 0.15) is 5.56 Å². The first-order valence-electron chi connectivity index (χ1n) is 8.62. The highest BCUT2D eigenvalue weighted by Gasteiger charge is 2.12. The van der Waals surface area contributed by atoms with Crippen LogP contribution in [-0.2, 0) is 11.3 Å². The topological polar surface area (TPSA) is 77.8 Å². The molecule has 0 spiro atoms. The summed E-state index contributed by atoms with van der Waals surface area (Å²) in [6, 6.07) is 23.1. The number of anilines is 1. The normalized spacial score (nSPS) is 10.8. The molecule has 5 nitrogen and oxygen atoms in total. The van der Waals surface area contributed by atoms with Gasteiger partial charge in [-0.2, -0.15) is 5.26 Å². The highest BCUT2D eigenvalue weighted by atomic mass is 32.2. The van der Waals surface area contributed by atoms with Crippen molar-refractivity contribution in [2.45, 2.75) is 16.3 Å². The van der Waals surface area contributed by atoms with Gasteiger partial charge in [-0.3, -0.25) is 9.78 Å². The molecule has 0 atom stereocenters. The van der Waals surface area contributed by atoms with Gasteiger partial charge in [0, 0.05) is 34.9 Å². The lowest BCUT2D eigenvalue weighted by molar-refractivity contribution is -0.112. The number of nitrogens with zero attached hydrogens (tertiary/aromatic N) is 2. The zero-order valence-corrected chi connectivity index (χ0v) is 15.8. The van der Waals surface area contributed by atoms with Crippen LogP contribution in [0.3, 0.4) is 0 Å². The minimum atomic E-state index is -0.453. The number of carbonyl (C=O) groups is 1. The lowest BCUT2D eigenvalue weighted by Crippen LogP contribution is -2.17. The summed E-state index contributed by atoms with van der Waals surface area (Å²) >= 11 is 1.55. The summed E-state index contributed by atoms with van der Waals surface area (Å²) in [5.41, 5.74) is 1.68. The van der Waals surface area contributed by atoms with Crippen LogP contribution >= 0.6 is 11.8 Å². The molecule has 0 bridgehead atoms. The first-order valence-corrected chi connectivity index (χ1v) is 9.44. The molecule has 3 rings (SSSR count). The number of hydrogen-bond donors (Lipinski definition) is 2. The maximum atomic E-state index is 12.5. The van der Waals surface area contributed by atoms with E-state index in [-0.39, 0.29) is 5.57 Å². The van der Waals surface area contributed by atoms with E-state index in [0.717, 1.165) is 15.4 Å². The molecule has 1 heterocycles. The van der Waals surface area contributed by atoms with Crippen LogP contribution in [0.25, 0.3) is 0 Å². The molecule has 0 aliphatic rings. The molecule has 0 saturated carbocycles. The summed E-state index contributed by atoms with van der Waals surface area (Å²) in [4.78, 5) is 18.5. The molecule has 0 aliphatic carbocycles. The van der Waals surface area contributed by atoms with Crippen molar-refractivity contribution in [3.8, 4) is 6.07 Å². The van der Waals surface area contributed by atoms with E-state index < -0.39 is 5.91 Å². The number of pyridine rings is 1. The molecule has 6 heteroatoms. The Morgan fingerprint density at radius 3 is 2.50 bits per heavy atom. The Hall–Kier alpha value is -3.56. The van der Waals surface area contributed by atoms with Crippen LogP contribution in [0.5, 0.6) is 0 Å². The summed E-state index contributed by atoms with van der Waals surface area (Å²) in [5.74, 6) is -0.453. The third-order valence-corrected chi connectivity index (χ3v) is 4.86. The molecule has 28 heavy (non-hydrogen) atoms. The molecule has 0 unspecified atom stereocenters. The van der Waals surface area contributed by atoms with E-state index in [9.17, 15) is 10.1 Å². The Labute approximate surface area is 168 Å². The molecule has 1 amide bonds. The van der Waals surface area contributed by atoms with Gasteiger partial charge in [0.05, 0.1) is 5.69 Å². The number of carbonyl (C=O) groups excluding carboxylic acids is 1. The number of hydrogen-bond acceptors (Lipinski definition) is 5. The number of amides is 1. The second-order valence-corrected chi connectivity index (χ2v) is 6.89. The molecule has 2 N–H and O–H groups in total. The van der Waals surface area contributed by atoms with Crippen LogP contribution in [-0.4, -0.2) is 10.9 Å². The van der Waals surface area contributed by atoms with E-state index in [0.29, 0.717) is 12.2 Å². The Kier molecular flexibility index (Phi) is 6.83. The Morgan fingerprint density at radius 1 is 1.04 bits per heavy atom. The second kappa shape index (κ2) is 9.95. The van der Waals surface area contributed by atoms with E-state index in [1.165, 1.54) is 6.20 Å². The van der Waals surface area contributed by atoms with E-state index in [1.54, 1.807) is 24.2 Å². The predicted molar refractivity (Wildman–Crippen MR) is 110 cm³/mol. The summed E-state index contributed by atoms with van der Waals surface area (Å²) < 4.78 is 0. The lowest BCUT2D eigenvalue weighted by atomic mass is 10.2. The van der Waals surface area contributed by atoms with Crippen molar-refractivity contribution < 1.29 is 4.79 Å². The molecule has 0 aliphatic heterocycles. The number of nitriles is 1. The highest BCUT2D eigenvalue weighted by Crippen LogP contribution is 2.33. The van der Waals surface area contributed by atoms with Gasteiger partial charge in [-0.25, -0.2) is 0 Å². The van der Waals surface area contributed by atoms with Gasteiger partial charge in [-0.15, -0.1) is 0 Å². The number of nitrogens with one attached hydrogen (secondary N) is 2. The van der Waals surface area contributed by atoms with Gasteiger partial charge in [0.1, 0.15) is 11.6 Å². The Morgan fingerprint density at radius 2 is 1.75 bits per heavy atom. The average Bonchev–Trinajstić information content (AvgIpc) is 2.74. The van der Waals surface area contributed by atoms with Gasteiger partial charge in [0.15, 0.2) is 0 Å². The first-order chi connectivity index (χ1) is 13.8. The van der Waals surface area contributed by atoms with Crippen molar-refractivity contribution in [3.05, 3.63) is 96.5 Å². The number of aromatic nitrogens is 1. The van der Waals surface area contributed by atoms with Gasteiger partial charge in [-0.1, -0.05) is 42.1 Å². The molecule has 0 radical (unpaired) electrons. The van der Waals surface area contributed by atoms with Gasteiger partial charge in [-0.05, 0) is 42.0 Å². The molecular formula is C22H18N4OS. The predicted octanol–water partition coefficient (Wildman–Crippen LogP) is 4.37. The highest BCUT2D eigenvalue weighted by molar-refractivity contribution is 7.99. The largest absolute Gasteiger partial charge is 0.386 e. The van der Waals surface area contributed by atoms with Gasteiger partial charge < -0.3 is 10.6 Å². The second-order valence-electron chi connectivity index (χ2n) is 5.77. The third kappa shape index (κ3) is 5.47. The molecular weight excluding hydrogens is 368 g/mol. The number of para-hydroxylation sites is 1. The van der Waals surface area contributed by atoms with Crippen LogP contribution in [0.2, 0.25) is 0 Å². The van der Waals surface area contributed by atoms with E-state index >= 15 is 0 Å². The number of benzene rings is 2. The van der Waals surface area contributed by atoms with Gasteiger partial charge >= 0.3 is 0 Å². The SMILES string of the molecule is N#C/C(=C/NCc1ccncc1)C(=O)Nc1ccccc1Sc1ccccc1. The van der Waals surface area contributed by atoms with E-state index in [4.69, 9.17) is 0 Å². The lowest BCUT2D eigenvalue weighted by Gasteiger charge is -2.10. The average molecular weight is 386 g/mol.